The third kappa shape index (κ3) is 5.73. The van der Waals surface area contributed by atoms with E-state index < -0.39 is 27.9 Å². The standard InChI is InChI=1S/C26H24ClNO5S/c1-18-9-15-24(16-10-18)34(31,32)28(26(30)33-17-21-7-5-4-6-8-21)25(19(2)20(3)29)22-11-13-23(27)14-12-22/h4-16,25H,2,17H2,1,3H3/t25-/m1/s1. The van der Waals surface area contributed by atoms with Crippen LogP contribution in [0.1, 0.15) is 29.7 Å². The maximum Gasteiger partial charge on any atom is 0.425 e. The van der Waals surface area contributed by atoms with Crippen molar-refractivity contribution in [1.29, 1.82) is 0 Å². The van der Waals surface area contributed by atoms with Gasteiger partial charge in [0.15, 0.2) is 5.78 Å². The number of benzene rings is 3. The minimum absolute atomic E-state index is 0.0883. The van der Waals surface area contributed by atoms with Crippen molar-refractivity contribution < 1.29 is 22.7 Å². The van der Waals surface area contributed by atoms with Crippen LogP contribution in [0.5, 0.6) is 0 Å². The van der Waals surface area contributed by atoms with Gasteiger partial charge in [-0.15, -0.1) is 0 Å². The molecule has 0 aliphatic carbocycles. The van der Waals surface area contributed by atoms with E-state index in [9.17, 15) is 18.0 Å². The van der Waals surface area contributed by atoms with E-state index in [4.69, 9.17) is 16.3 Å². The Hall–Kier alpha value is -3.42. The molecule has 0 N–H and O–H groups in total. The van der Waals surface area contributed by atoms with Gasteiger partial charge in [0.25, 0.3) is 10.0 Å². The van der Waals surface area contributed by atoms with Gasteiger partial charge in [-0.2, -0.15) is 4.31 Å². The minimum Gasteiger partial charge on any atom is -0.444 e. The molecule has 0 saturated carbocycles. The fourth-order valence-corrected chi connectivity index (χ4v) is 4.87. The second kappa shape index (κ2) is 10.7. The maximum atomic E-state index is 13.8. The third-order valence-corrected chi connectivity index (χ3v) is 7.16. The smallest absolute Gasteiger partial charge is 0.425 e. The number of hydrogen-bond donors (Lipinski definition) is 0. The van der Waals surface area contributed by atoms with Crippen molar-refractivity contribution >= 4 is 33.5 Å². The number of Topliss-reactive ketones (excluding diaryl/α,β-unsaturated/α-hetero) is 1. The van der Waals surface area contributed by atoms with Crippen LogP contribution >= 0.6 is 11.6 Å². The Morgan fingerprint density at radius 3 is 2.12 bits per heavy atom. The first-order chi connectivity index (χ1) is 16.1. The lowest BCUT2D eigenvalue weighted by atomic mass is 9.97. The van der Waals surface area contributed by atoms with Crippen LogP contribution in [0.15, 0.2) is 95.9 Å². The van der Waals surface area contributed by atoms with Crippen molar-refractivity contribution in [3.8, 4) is 0 Å². The highest BCUT2D eigenvalue weighted by atomic mass is 35.5. The van der Waals surface area contributed by atoms with E-state index in [1.54, 1.807) is 60.7 Å². The molecule has 0 unspecified atom stereocenters. The zero-order chi connectivity index (χ0) is 24.9. The molecule has 34 heavy (non-hydrogen) atoms. The summed E-state index contributed by atoms with van der Waals surface area (Å²) in [5, 5.41) is 0.413. The van der Waals surface area contributed by atoms with Gasteiger partial charge in [-0.25, -0.2) is 13.2 Å². The van der Waals surface area contributed by atoms with E-state index in [2.05, 4.69) is 6.58 Å². The van der Waals surface area contributed by atoms with E-state index >= 15 is 0 Å². The number of sulfonamides is 1. The van der Waals surface area contributed by atoms with Crippen molar-refractivity contribution in [1.82, 2.24) is 4.31 Å². The normalized spacial score (nSPS) is 12.0. The number of carbonyl (C=O) groups excluding carboxylic acids is 2. The maximum absolute atomic E-state index is 13.8. The fourth-order valence-electron chi connectivity index (χ4n) is 3.26. The zero-order valence-corrected chi connectivity index (χ0v) is 20.3. The second-order valence-electron chi connectivity index (χ2n) is 7.69. The number of amides is 1. The number of hydrogen-bond acceptors (Lipinski definition) is 5. The van der Waals surface area contributed by atoms with Crippen molar-refractivity contribution in [2.24, 2.45) is 0 Å². The summed E-state index contributed by atoms with van der Waals surface area (Å²) < 4.78 is 33.5. The minimum atomic E-state index is -4.44. The first-order valence-corrected chi connectivity index (χ1v) is 12.2. The Bertz CT molecular complexity index is 1290. The first kappa shape index (κ1) is 25.2. The van der Waals surface area contributed by atoms with Gasteiger partial charge in [0.05, 0.1) is 4.90 Å². The first-order valence-electron chi connectivity index (χ1n) is 10.4. The topological polar surface area (TPSA) is 80.8 Å². The molecule has 0 radical (unpaired) electrons. The van der Waals surface area contributed by atoms with Gasteiger partial charge in [0.2, 0.25) is 0 Å². The molecule has 0 heterocycles. The molecular formula is C26H24ClNO5S. The van der Waals surface area contributed by atoms with E-state index in [0.29, 0.717) is 20.5 Å². The fraction of sp³-hybridized carbons (Fsp3) is 0.154. The lowest BCUT2D eigenvalue weighted by Gasteiger charge is -2.31. The van der Waals surface area contributed by atoms with E-state index in [-0.39, 0.29) is 17.1 Å². The van der Waals surface area contributed by atoms with Crippen molar-refractivity contribution in [3.05, 3.63) is 113 Å². The van der Waals surface area contributed by atoms with Crippen LogP contribution in [0.2, 0.25) is 5.02 Å². The van der Waals surface area contributed by atoms with Gasteiger partial charge in [-0.1, -0.05) is 78.3 Å². The Morgan fingerprint density at radius 2 is 1.56 bits per heavy atom. The van der Waals surface area contributed by atoms with Crippen LogP contribution in [0.25, 0.3) is 0 Å². The summed E-state index contributed by atoms with van der Waals surface area (Å²) in [6, 6.07) is 19.8. The number of halogens is 1. The van der Waals surface area contributed by atoms with Crippen LogP contribution in [0, 0.1) is 6.92 Å². The van der Waals surface area contributed by atoms with Crippen LogP contribution in [0.3, 0.4) is 0 Å². The summed E-state index contributed by atoms with van der Waals surface area (Å²) in [5.41, 5.74) is 1.78. The summed E-state index contributed by atoms with van der Waals surface area (Å²) in [7, 11) is -4.44. The summed E-state index contributed by atoms with van der Waals surface area (Å²) >= 11 is 6.01. The molecule has 0 fully saturated rings. The number of carbonyl (C=O) groups is 2. The largest absolute Gasteiger partial charge is 0.444 e. The number of rotatable bonds is 8. The number of ketones is 1. The molecule has 3 aromatic carbocycles. The number of ether oxygens (including phenoxy) is 1. The molecule has 3 aromatic rings. The number of aryl methyl sites for hydroxylation is 1. The quantitative estimate of drug-likeness (QED) is 0.364. The zero-order valence-electron chi connectivity index (χ0n) is 18.8. The predicted molar refractivity (Wildman–Crippen MR) is 131 cm³/mol. The molecule has 0 aliphatic rings. The summed E-state index contributed by atoms with van der Waals surface area (Å²) in [6.07, 6.45) is -1.13. The van der Waals surface area contributed by atoms with Gasteiger partial charge < -0.3 is 4.74 Å². The van der Waals surface area contributed by atoms with Gasteiger partial charge in [0, 0.05) is 10.6 Å². The average molecular weight is 498 g/mol. The molecule has 0 bridgehead atoms. The van der Waals surface area contributed by atoms with Gasteiger partial charge in [0.1, 0.15) is 12.6 Å². The van der Waals surface area contributed by atoms with Crippen LogP contribution in [-0.4, -0.2) is 24.6 Å². The van der Waals surface area contributed by atoms with Crippen LogP contribution < -0.4 is 0 Å². The van der Waals surface area contributed by atoms with E-state index in [1.807, 2.05) is 13.0 Å². The molecule has 0 aromatic heterocycles. The van der Waals surface area contributed by atoms with E-state index in [1.165, 1.54) is 19.1 Å². The van der Waals surface area contributed by atoms with Crippen LogP contribution in [0.4, 0.5) is 4.79 Å². The Labute approximate surface area is 204 Å². The molecule has 176 valence electrons. The monoisotopic (exact) mass is 497 g/mol. The van der Waals surface area contributed by atoms with Crippen molar-refractivity contribution in [3.63, 3.8) is 0 Å². The lowest BCUT2D eigenvalue weighted by Crippen LogP contribution is -2.41. The predicted octanol–water partition coefficient (Wildman–Crippen LogP) is 5.86. The molecule has 3 rings (SSSR count). The van der Waals surface area contributed by atoms with E-state index in [0.717, 1.165) is 5.56 Å². The molecule has 8 heteroatoms. The molecule has 0 aliphatic heterocycles. The molecular weight excluding hydrogens is 474 g/mol. The summed E-state index contributed by atoms with van der Waals surface area (Å²) in [6.45, 7) is 6.72. The van der Waals surface area contributed by atoms with Gasteiger partial charge >= 0.3 is 6.09 Å². The van der Waals surface area contributed by atoms with Gasteiger partial charge in [-0.05, 0) is 49.2 Å². The molecule has 6 nitrogen and oxygen atoms in total. The lowest BCUT2D eigenvalue weighted by molar-refractivity contribution is -0.114. The molecule has 1 amide bonds. The molecule has 0 saturated heterocycles. The van der Waals surface area contributed by atoms with Crippen molar-refractivity contribution in [2.75, 3.05) is 0 Å². The Balaban J connectivity index is 2.13. The average Bonchev–Trinajstić information content (AvgIpc) is 2.82. The third-order valence-electron chi connectivity index (χ3n) is 5.17. The SMILES string of the molecule is C=C(C(C)=O)[C@H](c1ccc(Cl)cc1)N(C(=O)OCc1ccccc1)S(=O)(=O)c1ccc(C)cc1. The highest BCUT2D eigenvalue weighted by Crippen LogP contribution is 2.35. The highest BCUT2D eigenvalue weighted by molar-refractivity contribution is 7.89. The highest BCUT2D eigenvalue weighted by Gasteiger charge is 2.40. The van der Waals surface area contributed by atoms with Crippen LogP contribution in [-0.2, 0) is 26.2 Å². The second-order valence-corrected chi connectivity index (χ2v) is 9.94. The molecule has 0 spiro atoms. The summed E-state index contributed by atoms with van der Waals surface area (Å²) in [5.74, 6) is -0.472. The number of nitrogens with zero attached hydrogens (tertiary/aromatic N) is 1. The Morgan fingerprint density at radius 1 is 0.971 bits per heavy atom. The Kier molecular flexibility index (Phi) is 7.91. The molecule has 1 atom stereocenters. The van der Waals surface area contributed by atoms with Gasteiger partial charge in [-0.3, -0.25) is 4.79 Å². The van der Waals surface area contributed by atoms with Crippen molar-refractivity contribution in [2.45, 2.75) is 31.4 Å². The summed E-state index contributed by atoms with van der Waals surface area (Å²) in [4.78, 5) is 25.6.